The Morgan fingerprint density at radius 2 is 1.61 bits per heavy atom. The molecule has 0 heterocycles. The first-order chi connectivity index (χ1) is 13.4. The van der Waals surface area contributed by atoms with Crippen molar-refractivity contribution in [3.05, 3.63) is 66.2 Å². The predicted molar refractivity (Wildman–Crippen MR) is 110 cm³/mol. The van der Waals surface area contributed by atoms with Crippen molar-refractivity contribution in [1.29, 1.82) is 0 Å². The smallest absolute Gasteiger partial charge is 0.255 e. The molecule has 0 fully saturated rings. The van der Waals surface area contributed by atoms with Crippen molar-refractivity contribution in [2.45, 2.75) is 18.7 Å². The van der Waals surface area contributed by atoms with Crippen molar-refractivity contribution in [2.75, 3.05) is 18.4 Å². The van der Waals surface area contributed by atoms with Crippen molar-refractivity contribution in [3.63, 3.8) is 0 Å². The van der Waals surface area contributed by atoms with E-state index in [1.165, 1.54) is 34.6 Å². The number of amides is 1. The number of rotatable bonds is 6. The maximum absolute atomic E-state index is 12.6. The summed E-state index contributed by atoms with van der Waals surface area (Å²) in [7, 11) is -3.58. The number of benzene rings is 3. The summed E-state index contributed by atoms with van der Waals surface area (Å²) in [6.07, 6.45) is 0. The Balaban J connectivity index is 1.88. The second-order valence-electron chi connectivity index (χ2n) is 6.25. The maximum Gasteiger partial charge on any atom is 0.255 e. The van der Waals surface area contributed by atoms with Gasteiger partial charge in [0.05, 0.1) is 10.6 Å². The molecule has 0 aliphatic carbocycles. The molecule has 146 valence electrons. The van der Waals surface area contributed by atoms with E-state index in [9.17, 15) is 18.3 Å². The molecule has 6 nitrogen and oxygen atoms in total. The number of hydrogen-bond acceptors (Lipinski definition) is 4. The highest BCUT2D eigenvalue weighted by Crippen LogP contribution is 2.32. The molecule has 28 heavy (non-hydrogen) atoms. The SMILES string of the molecule is CCN(CC)S(=O)(=O)c1ccc(C(=O)Nc2c(O)ccc3ccccc23)cc1. The van der Waals surface area contributed by atoms with E-state index < -0.39 is 15.9 Å². The van der Waals surface area contributed by atoms with Gasteiger partial charge in [-0.15, -0.1) is 0 Å². The van der Waals surface area contributed by atoms with Crippen LogP contribution in [0.3, 0.4) is 0 Å². The van der Waals surface area contributed by atoms with E-state index in [-0.39, 0.29) is 10.6 Å². The van der Waals surface area contributed by atoms with Crippen LogP contribution in [-0.4, -0.2) is 36.8 Å². The number of carbonyl (C=O) groups excluding carboxylic acids is 1. The van der Waals surface area contributed by atoms with E-state index in [0.717, 1.165) is 10.8 Å². The van der Waals surface area contributed by atoms with Gasteiger partial charge in [-0.2, -0.15) is 4.31 Å². The quantitative estimate of drug-likeness (QED) is 0.618. The number of anilines is 1. The molecule has 0 spiro atoms. The van der Waals surface area contributed by atoms with Gasteiger partial charge in [-0.3, -0.25) is 4.79 Å². The van der Waals surface area contributed by atoms with Crippen LogP contribution in [0.4, 0.5) is 5.69 Å². The highest BCUT2D eigenvalue weighted by molar-refractivity contribution is 7.89. The summed E-state index contributed by atoms with van der Waals surface area (Å²) in [5.74, 6) is -0.466. The second kappa shape index (κ2) is 8.00. The standard InChI is InChI=1S/C21H22N2O4S/c1-3-23(4-2)28(26,27)17-12-9-16(10-13-17)21(25)22-20-18-8-6-5-7-15(18)11-14-19(20)24/h5-14,24H,3-4H2,1-2H3,(H,22,25). The monoisotopic (exact) mass is 398 g/mol. The number of hydrogen-bond donors (Lipinski definition) is 2. The maximum atomic E-state index is 12.6. The molecule has 0 bridgehead atoms. The molecular formula is C21H22N2O4S. The van der Waals surface area contributed by atoms with Gasteiger partial charge in [0.15, 0.2) is 0 Å². The zero-order chi connectivity index (χ0) is 20.3. The van der Waals surface area contributed by atoms with E-state index >= 15 is 0 Å². The summed E-state index contributed by atoms with van der Waals surface area (Å²) < 4.78 is 26.5. The van der Waals surface area contributed by atoms with E-state index in [0.29, 0.717) is 24.3 Å². The van der Waals surface area contributed by atoms with Gasteiger partial charge in [0, 0.05) is 24.0 Å². The Kier molecular flexibility index (Phi) is 5.67. The van der Waals surface area contributed by atoms with Crippen molar-refractivity contribution >= 4 is 32.4 Å². The van der Waals surface area contributed by atoms with Crippen LogP contribution < -0.4 is 5.32 Å². The molecule has 3 rings (SSSR count). The molecule has 0 aliphatic heterocycles. The number of sulfonamides is 1. The Hall–Kier alpha value is -2.90. The number of phenolic OH excluding ortho intramolecular Hbond substituents is 1. The number of phenols is 1. The first-order valence-electron chi connectivity index (χ1n) is 9.00. The average molecular weight is 398 g/mol. The third kappa shape index (κ3) is 3.72. The van der Waals surface area contributed by atoms with Crippen LogP contribution in [0.5, 0.6) is 5.75 Å². The Morgan fingerprint density at radius 3 is 2.25 bits per heavy atom. The lowest BCUT2D eigenvalue weighted by Crippen LogP contribution is -2.30. The molecule has 0 saturated carbocycles. The second-order valence-corrected chi connectivity index (χ2v) is 8.19. The van der Waals surface area contributed by atoms with Crippen molar-refractivity contribution in [3.8, 4) is 5.75 Å². The fraction of sp³-hybridized carbons (Fsp3) is 0.190. The fourth-order valence-electron chi connectivity index (χ4n) is 3.07. The summed E-state index contributed by atoms with van der Waals surface area (Å²) in [6.45, 7) is 4.31. The normalized spacial score (nSPS) is 11.7. The number of nitrogens with zero attached hydrogens (tertiary/aromatic N) is 1. The van der Waals surface area contributed by atoms with Crippen LogP contribution in [-0.2, 0) is 10.0 Å². The summed E-state index contributed by atoms with van der Waals surface area (Å²) in [4.78, 5) is 12.8. The highest BCUT2D eigenvalue weighted by atomic mass is 32.2. The molecule has 1 amide bonds. The largest absolute Gasteiger partial charge is 0.506 e. The molecule has 3 aromatic rings. The first kappa shape index (κ1) is 19.9. The number of aromatic hydroxyl groups is 1. The molecule has 2 N–H and O–H groups in total. The van der Waals surface area contributed by atoms with E-state index in [2.05, 4.69) is 5.32 Å². The van der Waals surface area contributed by atoms with Crippen LogP contribution in [0.1, 0.15) is 24.2 Å². The molecule has 0 aromatic heterocycles. The van der Waals surface area contributed by atoms with E-state index in [4.69, 9.17) is 0 Å². The highest BCUT2D eigenvalue weighted by Gasteiger charge is 2.22. The lowest BCUT2D eigenvalue weighted by atomic mass is 10.1. The van der Waals surface area contributed by atoms with E-state index in [1.54, 1.807) is 19.9 Å². The molecule has 0 unspecified atom stereocenters. The van der Waals surface area contributed by atoms with Crippen LogP contribution in [0.15, 0.2) is 65.6 Å². The van der Waals surface area contributed by atoms with Gasteiger partial charge >= 0.3 is 0 Å². The zero-order valence-corrected chi connectivity index (χ0v) is 16.5. The lowest BCUT2D eigenvalue weighted by molar-refractivity contribution is 0.102. The summed E-state index contributed by atoms with van der Waals surface area (Å²) in [5, 5.41) is 14.5. The van der Waals surface area contributed by atoms with Crippen molar-refractivity contribution in [2.24, 2.45) is 0 Å². The molecule has 0 aliphatic rings. The predicted octanol–water partition coefficient (Wildman–Crippen LogP) is 3.83. The third-order valence-corrected chi connectivity index (χ3v) is 6.67. The van der Waals surface area contributed by atoms with Gasteiger partial charge in [0.2, 0.25) is 10.0 Å². The van der Waals surface area contributed by atoms with Crippen LogP contribution in [0, 0.1) is 0 Å². The third-order valence-electron chi connectivity index (χ3n) is 4.61. The Labute approximate surface area is 164 Å². The van der Waals surface area contributed by atoms with Gasteiger partial charge < -0.3 is 10.4 Å². The topological polar surface area (TPSA) is 86.7 Å². The molecule has 7 heteroatoms. The minimum Gasteiger partial charge on any atom is -0.506 e. The number of fused-ring (bicyclic) bond motifs is 1. The Bertz CT molecular complexity index is 1100. The minimum absolute atomic E-state index is 0.0345. The molecule has 0 saturated heterocycles. The van der Waals surface area contributed by atoms with Gasteiger partial charge in [0.25, 0.3) is 5.91 Å². The first-order valence-corrected chi connectivity index (χ1v) is 10.4. The van der Waals surface area contributed by atoms with E-state index in [1.807, 2.05) is 24.3 Å². The summed E-state index contributed by atoms with van der Waals surface area (Å²) in [5.41, 5.74) is 0.619. The van der Waals surface area contributed by atoms with Gasteiger partial charge in [-0.05, 0) is 35.7 Å². The molecule has 3 aromatic carbocycles. The lowest BCUT2D eigenvalue weighted by Gasteiger charge is -2.18. The Morgan fingerprint density at radius 1 is 0.964 bits per heavy atom. The number of nitrogens with one attached hydrogen (secondary N) is 1. The average Bonchev–Trinajstić information content (AvgIpc) is 2.71. The van der Waals surface area contributed by atoms with Gasteiger partial charge in [-0.25, -0.2) is 8.42 Å². The van der Waals surface area contributed by atoms with Gasteiger partial charge in [-0.1, -0.05) is 44.2 Å². The minimum atomic E-state index is -3.58. The van der Waals surface area contributed by atoms with Crippen LogP contribution in [0.2, 0.25) is 0 Å². The van der Waals surface area contributed by atoms with Crippen LogP contribution in [0.25, 0.3) is 10.8 Å². The molecular weight excluding hydrogens is 376 g/mol. The van der Waals surface area contributed by atoms with Crippen molar-refractivity contribution in [1.82, 2.24) is 4.31 Å². The summed E-state index contributed by atoms with van der Waals surface area (Å²) >= 11 is 0. The van der Waals surface area contributed by atoms with Crippen molar-refractivity contribution < 1.29 is 18.3 Å². The molecule has 0 radical (unpaired) electrons. The fourth-order valence-corrected chi connectivity index (χ4v) is 4.53. The van der Waals surface area contributed by atoms with Gasteiger partial charge in [0.1, 0.15) is 5.75 Å². The summed E-state index contributed by atoms with van der Waals surface area (Å²) in [6, 6.07) is 16.5. The zero-order valence-electron chi connectivity index (χ0n) is 15.7. The number of carbonyl (C=O) groups is 1. The van der Waals surface area contributed by atoms with Crippen LogP contribution >= 0.6 is 0 Å². The molecule has 0 atom stereocenters.